The summed E-state index contributed by atoms with van der Waals surface area (Å²) in [4.78, 5) is 11.1. The van der Waals surface area contributed by atoms with Crippen molar-refractivity contribution >= 4 is 5.97 Å². The Bertz CT molecular complexity index is 218. The van der Waals surface area contributed by atoms with Crippen molar-refractivity contribution in [3.05, 3.63) is 0 Å². The van der Waals surface area contributed by atoms with E-state index in [0.29, 0.717) is 5.92 Å². The van der Waals surface area contributed by atoms with Crippen LogP contribution in [-0.2, 0) is 4.79 Å². The van der Waals surface area contributed by atoms with Crippen molar-refractivity contribution in [2.45, 2.75) is 58.4 Å². The lowest BCUT2D eigenvalue weighted by Crippen LogP contribution is -2.47. The first-order valence-corrected chi connectivity index (χ1v) is 5.95. The Balaban J connectivity index is 2.64. The number of carboxylic acids is 1. The Hall–Kier alpha value is -0.570. The molecule has 0 bridgehead atoms. The predicted octanol–water partition coefficient (Wildman–Crippen LogP) is 2.39. The molecule has 15 heavy (non-hydrogen) atoms. The third-order valence-corrected chi connectivity index (χ3v) is 3.79. The average molecular weight is 213 g/mol. The molecule has 0 aromatic heterocycles. The summed E-state index contributed by atoms with van der Waals surface area (Å²) in [5, 5.41) is 9.13. The minimum absolute atomic E-state index is 0.215. The molecule has 0 saturated heterocycles. The van der Waals surface area contributed by atoms with Crippen LogP contribution in [0.25, 0.3) is 0 Å². The highest BCUT2D eigenvalue weighted by Gasteiger charge is 2.38. The summed E-state index contributed by atoms with van der Waals surface area (Å²) in [7, 11) is 0. The smallest absolute Gasteiger partial charge is 0.310 e. The molecule has 3 N–H and O–H groups in total. The molecular weight excluding hydrogens is 190 g/mol. The average Bonchev–Trinajstić information content (AvgIpc) is 2.44. The number of hydrogen-bond donors (Lipinski definition) is 2. The summed E-state index contributed by atoms with van der Waals surface area (Å²) >= 11 is 0. The molecule has 1 atom stereocenters. The van der Waals surface area contributed by atoms with Crippen LogP contribution in [0.15, 0.2) is 0 Å². The van der Waals surface area contributed by atoms with Gasteiger partial charge in [-0.25, -0.2) is 0 Å². The van der Waals surface area contributed by atoms with E-state index in [1.165, 1.54) is 25.7 Å². The highest BCUT2D eigenvalue weighted by atomic mass is 16.4. The van der Waals surface area contributed by atoms with Crippen molar-refractivity contribution in [3.8, 4) is 0 Å². The van der Waals surface area contributed by atoms with Gasteiger partial charge in [-0.1, -0.05) is 25.7 Å². The lowest BCUT2D eigenvalue weighted by atomic mass is 9.75. The van der Waals surface area contributed by atoms with Gasteiger partial charge in [0.05, 0.1) is 5.41 Å². The molecular formula is C12H23NO2. The summed E-state index contributed by atoms with van der Waals surface area (Å²) in [5.41, 5.74) is 5.32. The zero-order chi connectivity index (χ0) is 11.5. The molecule has 3 nitrogen and oxygen atoms in total. The predicted molar refractivity (Wildman–Crippen MR) is 60.6 cm³/mol. The summed E-state index contributed by atoms with van der Waals surface area (Å²) in [6.07, 6.45) is 7.14. The highest BCUT2D eigenvalue weighted by molar-refractivity contribution is 5.74. The molecule has 88 valence electrons. The number of rotatable bonds is 3. The van der Waals surface area contributed by atoms with E-state index in [-0.39, 0.29) is 6.04 Å². The number of aliphatic carboxylic acids is 1. The van der Waals surface area contributed by atoms with Gasteiger partial charge in [-0.3, -0.25) is 4.79 Å². The molecule has 1 unspecified atom stereocenters. The maximum atomic E-state index is 11.1. The Morgan fingerprint density at radius 2 is 1.73 bits per heavy atom. The van der Waals surface area contributed by atoms with Crippen LogP contribution in [0.3, 0.4) is 0 Å². The molecule has 0 aromatic carbocycles. The molecule has 1 aliphatic carbocycles. The SMILES string of the molecule is CC(C)(C(=O)O)C(N)C1CCCCCC1. The Morgan fingerprint density at radius 1 is 1.27 bits per heavy atom. The van der Waals surface area contributed by atoms with Gasteiger partial charge in [0.25, 0.3) is 0 Å². The molecule has 0 amide bonds. The van der Waals surface area contributed by atoms with Crippen LogP contribution in [0.1, 0.15) is 52.4 Å². The largest absolute Gasteiger partial charge is 0.481 e. The van der Waals surface area contributed by atoms with Crippen LogP contribution in [0.4, 0.5) is 0 Å². The van der Waals surface area contributed by atoms with Crippen molar-refractivity contribution in [1.82, 2.24) is 0 Å². The van der Waals surface area contributed by atoms with Crippen molar-refractivity contribution in [2.24, 2.45) is 17.1 Å². The van der Waals surface area contributed by atoms with Crippen LogP contribution in [-0.4, -0.2) is 17.1 Å². The maximum Gasteiger partial charge on any atom is 0.310 e. The van der Waals surface area contributed by atoms with Gasteiger partial charge in [-0.05, 0) is 32.6 Å². The Kier molecular flexibility index (Phi) is 4.14. The Morgan fingerprint density at radius 3 is 2.13 bits per heavy atom. The summed E-state index contributed by atoms with van der Waals surface area (Å²) in [5.74, 6) is -0.391. The van der Waals surface area contributed by atoms with Crippen LogP contribution >= 0.6 is 0 Å². The van der Waals surface area contributed by atoms with E-state index in [4.69, 9.17) is 10.8 Å². The van der Waals surface area contributed by atoms with E-state index in [9.17, 15) is 4.79 Å². The van der Waals surface area contributed by atoms with E-state index in [2.05, 4.69) is 0 Å². The minimum Gasteiger partial charge on any atom is -0.481 e. The van der Waals surface area contributed by atoms with Crippen molar-refractivity contribution in [3.63, 3.8) is 0 Å². The van der Waals surface area contributed by atoms with E-state index < -0.39 is 11.4 Å². The zero-order valence-electron chi connectivity index (χ0n) is 9.83. The molecule has 0 spiro atoms. The van der Waals surface area contributed by atoms with Crippen LogP contribution in [0.2, 0.25) is 0 Å². The van der Waals surface area contributed by atoms with E-state index in [1.807, 2.05) is 0 Å². The summed E-state index contributed by atoms with van der Waals surface area (Å²) in [6.45, 7) is 3.48. The van der Waals surface area contributed by atoms with Crippen LogP contribution in [0, 0.1) is 11.3 Å². The van der Waals surface area contributed by atoms with Crippen LogP contribution in [0.5, 0.6) is 0 Å². The summed E-state index contributed by atoms with van der Waals surface area (Å²) < 4.78 is 0. The summed E-state index contributed by atoms with van der Waals surface area (Å²) in [6, 6.07) is -0.215. The quantitative estimate of drug-likeness (QED) is 0.707. The van der Waals surface area contributed by atoms with E-state index in [1.54, 1.807) is 13.8 Å². The second kappa shape index (κ2) is 4.97. The number of carboxylic acid groups (broad SMARTS) is 1. The number of nitrogens with two attached hydrogens (primary N) is 1. The first kappa shape index (κ1) is 12.5. The van der Waals surface area contributed by atoms with Gasteiger partial charge >= 0.3 is 5.97 Å². The van der Waals surface area contributed by atoms with Crippen molar-refractivity contribution in [2.75, 3.05) is 0 Å². The monoisotopic (exact) mass is 213 g/mol. The molecule has 0 heterocycles. The van der Waals surface area contributed by atoms with Gasteiger partial charge in [0.15, 0.2) is 0 Å². The fourth-order valence-corrected chi connectivity index (χ4v) is 2.40. The van der Waals surface area contributed by atoms with Crippen molar-refractivity contribution in [1.29, 1.82) is 0 Å². The molecule has 1 rings (SSSR count). The third kappa shape index (κ3) is 2.94. The molecule has 3 heteroatoms. The lowest BCUT2D eigenvalue weighted by Gasteiger charge is -2.33. The second-order valence-electron chi connectivity index (χ2n) is 5.30. The molecule has 0 aromatic rings. The first-order chi connectivity index (χ1) is 6.96. The van der Waals surface area contributed by atoms with E-state index >= 15 is 0 Å². The van der Waals surface area contributed by atoms with Gasteiger partial charge in [-0.15, -0.1) is 0 Å². The van der Waals surface area contributed by atoms with Crippen LogP contribution < -0.4 is 5.73 Å². The number of carbonyl (C=O) groups is 1. The standard InChI is InChI=1S/C12H23NO2/c1-12(2,11(14)15)10(13)9-7-5-3-4-6-8-9/h9-10H,3-8,13H2,1-2H3,(H,14,15). The van der Waals surface area contributed by atoms with Gasteiger partial charge in [-0.2, -0.15) is 0 Å². The third-order valence-electron chi connectivity index (χ3n) is 3.79. The van der Waals surface area contributed by atoms with E-state index in [0.717, 1.165) is 12.8 Å². The maximum absolute atomic E-state index is 11.1. The van der Waals surface area contributed by atoms with Gasteiger partial charge in [0.2, 0.25) is 0 Å². The first-order valence-electron chi connectivity index (χ1n) is 5.95. The molecule has 1 aliphatic rings. The molecule has 1 fully saturated rings. The highest BCUT2D eigenvalue weighted by Crippen LogP contribution is 2.33. The second-order valence-corrected chi connectivity index (χ2v) is 5.30. The number of hydrogen-bond acceptors (Lipinski definition) is 2. The normalized spacial score (nSPS) is 22.1. The fourth-order valence-electron chi connectivity index (χ4n) is 2.40. The zero-order valence-corrected chi connectivity index (χ0v) is 9.83. The van der Waals surface area contributed by atoms with Gasteiger partial charge < -0.3 is 10.8 Å². The van der Waals surface area contributed by atoms with Crippen molar-refractivity contribution < 1.29 is 9.90 Å². The lowest BCUT2D eigenvalue weighted by molar-refractivity contribution is -0.149. The topological polar surface area (TPSA) is 63.3 Å². The van der Waals surface area contributed by atoms with Gasteiger partial charge in [0.1, 0.15) is 0 Å². The Labute approximate surface area is 92.0 Å². The molecule has 0 aliphatic heterocycles. The molecule has 1 saturated carbocycles. The fraction of sp³-hybridized carbons (Fsp3) is 0.917. The van der Waals surface area contributed by atoms with Gasteiger partial charge in [0, 0.05) is 6.04 Å². The minimum atomic E-state index is -0.797. The molecule has 0 radical (unpaired) electrons.